The lowest BCUT2D eigenvalue weighted by atomic mass is 10.2. The largest absolute Gasteiger partial charge is 0.481 e. The van der Waals surface area contributed by atoms with Crippen molar-refractivity contribution < 1.29 is 17.9 Å². The highest BCUT2D eigenvalue weighted by molar-refractivity contribution is 7.89. The molecule has 0 fully saturated rings. The predicted molar refractivity (Wildman–Crippen MR) is 102 cm³/mol. The van der Waals surface area contributed by atoms with Gasteiger partial charge in [-0.3, -0.25) is 4.79 Å². The highest BCUT2D eigenvalue weighted by Gasteiger charge is 2.20. The summed E-state index contributed by atoms with van der Waals surface area (Å²) in [4.78, 5) is 12.5. The molecule has 0 spiro atoms. The fourth-order valence-corrected chi connectivity index (χ4v) is 3.25. The van der Waals surface area contributed by atoms with Crippen molar-refractivity contribution in [3.8, 4) is 5.75 Å². The first-order chi connectivity index (χ1) is 12.1. The molecule has 1 atom stereocenters. The van der Waals surface area contributed by atoms with Crippen LogP contribution in [0.4, 0.5) is 5.69 Å². The van der Waals surface area contributed by atoms with Crippen molar-refractivity contribution >= 4 is 33.2 Å². The van der Waals surface area contributed by atoms with E-state index >= 15 is 0 Å². The van der Waals surface area contributed by atoms with Gasteiger partial charge in [-0.25, -0.2) is 12.7 Å². The summed E-state index contributed by atoms with van der Waals surface area (Å²) in [5, 5.41) is 3.22. The molecule has 1 unspecified atom stereocenters. The molecule has 0 radical (unpaired) electrons. The van der Waals surface area contributed by atoms with Crippen LogP contribution in [-0.2, 0) is 14.8 Å². The van der Waals surface area contributed by atoms with Crippen LogP contribution in [0.3, 0.4) is 0 Å². The molecule has 2 aromatic rings. The lowest BCUT2D eigenvalue weighted by Gasteiger charge is -2.17. The number of nitrogens with zero attached hydrogens (tertiary/aromatic N) is 1. The van der Waals surface area contributed by atoms with Gasteiger partial charge in [0, 0.05) is 24.8 Å². The summed E-state index contributed by atoms with van der Waals surface area (Å²) in [5.74, 6) is 0.0771. The summed E-state index contributed by atoms with van der Waals surface area (Å²) < 4.78 is 31.2. The van der Waals surface area contributed by atoms with Crippen LogP contribution in [0, 0.1) is 6.92 Å². The van der Waals surface area contributed by atoms with Crippen molar-refractivity contribution in [2.75, 3.05) is 19.4 Å². The monoisotopic (exact) mass is 396 g/mol. The minimum atomic E-state index is -3.59. The number of nitrogens with one attached hydrogen (secondary N) is 1. The van der Waals surface area contributed by atoms with Gasteiger partial charge in [0.15, 0.2) is 6.10 Å². The van der Waals surface area contributed by atoms with E-state index in [2.05, 4.69) is 5.32 Å². The van der Waals surface area contributed by atoms with Gasteiger partial charge < -0.3 is 10.1 Å². The number of hydrogen-bond acceptors (Lipinski definition) is 4. The smallest absolute Gasteiger partial charge is 0.265 e. The molecule has 0 aliphatic heterocycles. The summed E-state index contributed by atoms with van der Waals surface area (Å²) in [6.07, 6.45) is -0.790. The highest BCUT2D eigenvalue weighted by Crippen LogP contribution is 2.23. The number of hydrogen-bond donors (Lipinski definition) is 1. The number of amides is 1. The Bertz CT molecular complexity index is 913. The number of benzene rings is 2. The number of aryl methyl sites for hydroxylation is 1. The Morgan fingerprint density at radius 3 is 2.50 bits per heavy atom. The fourth-order valence-electron chi connectivity index (χ4n) is 2.14. The van der Waals surface area contributed by atoms with Crippen LogP contribution < -0.4 is 10.1 Å². The van der Waals surface area contributed by atoms with Gasteiger partial charge in [0.25, 0.3) is 5.91 Å². The van der Waals surface area contributed by atoms with Gasteiger partial charge in [0.1, 0.15) is 5.75 Å². The van der Waals surface area contributed by atoms with E-state index in [9.17, 15) is 13.2 Å². The average molecular weight is 397 g/mol. The van der Waals surface area contributed by atoms with Crippen LogP contribution in [0.15, 0.2) is 47.4 Å². The molecule has 140 valence electrons. The molecule has 0 saturated carbocycles. The van der Waals surface area contributed by atoms with Gasteiger partial charge in [-0.15, -0.1) is 0 Å². The van der Waals surface area contributed by atoms with E-state index in [1.165, 1.54) is 26.2 Å². The van der Waals surface area contributed by atoms with E-state index in [0.717, 1.165) is 9.87 Å². The fraction of sp³-hybridized carbons (Fsp3) is 0.278. The van der Waals surface area contributed by atoms with Crippen molar-refractivity contribution in [2.45, 2.75) is 24.8 Å². The molecule has 0 heterocycles. The summed E-state index contributed by atoms with van der Waals surface area (Å²) in [6, 6.07) is 11.3. The molecule has 0 saturated heterocycles. The Balaban J connectivity index is 2.18. The predicted octanol–water partition coefficient (Wildman–Crippen LogP) is 3.30. The van der Waals surface area contributed by atoms with Crippen LogP contribution in [0.5, 0.6) is 5.75 Å². The molecule has 2 aromatic carbocycles. The molecule has 0 aliphatic rings. The number of rotatable bonds is 6. The van der Waals surface area contributed by atoms with Crippen molar-refractivity contribution in [3.63, 3.8) is 0 Å². The second-order valence-corrected chi connectivity index (χ2v) is 8.56. The highest BCUT2D eigenvalue weighted by atomic mass is 35.5. The molecule has 2 rings (SSSR count). The quantitative estimate of drug-likeness (QED) is 0.812. The molecule has 1 N–H and O–H groups in total. The Labute approximate surface area is 158 Å². The Kier molecular flexibility index (Phi) is 6.28. The molecule has 8 heteroatoms. The second-order valence-electron chi connectivity index (χ2n) is 5.97. The minimum absolute atomic E-state index is 0.104. The topological polar surface area (TPSA) is 75.7 Å². The third kappa shape index (κ3) is 4.75. The third-order valence-corrected chi connectivity index (χ3v) is 5.77. The number of carbonyl (C=O) groups is 1. The number of ether oxygens (including phenoxy) is 1. The van der Waals surface area contributed by atoms with Gasteiger partial charge in [-0.2, -0.15) is 0 Å². The van der Waals surface area contributed by atoms with Crippen molar-refractivity contribution in [2.24, 2.45) is 0 Å². The Hall–Kier alpha value is -2.09. The van der Waals surface area contributed by atoms with E-state index in [-0.39, 0.29) is 4.90 Å². The molecule has 26 heavy (non-hydrogen) atoms. The normalized spacial score (nSPS) is 12.7. The first-order valence-electron chi connectivity index (χ1n) is 7.87. The molecule has 0 aromatic heterocycles. The number of anilines is 1. The zero-order chi connectivity index (χ0) is 19.5. The lowest BCUT2D eigenvalue weighted by Crippen LogP contribution is -2.30. The maximum atomic E-state index is 12.4. The van der Waals surface area contributed by atoms with E-state index in [0.29, 0.717) is 16.5 Å². The average Bonchev–Trinajstić information content (AvgIpc) is 2.56. The van der Waals surface area contributed by atoms with Gasteiger partial charge in [-0.05, 0) is 49.7 Å². The van der Waals surface area contributed by atoms with Crippen molar-refractivity contribution in [3.05, 3.63) is 53.1 Å². The summed E-state index contributed by atoms with van der Waals surface area (Å²) in [7, 11) is -0.684. The van der Waals surface area contributed by atoms with Gasteiger partial charge in [-0.1, -0.05) is 23.7 Å². The zero-order valence-corrected chi connectivity index (χ0v) is 16.6. The standard InChI is InChI=1S/C18H21ClN2O4S/c1-12-8-9-16(26(23,24)21(3)4)11-17(12)20-18(22)13(2)25-15-7-5-6-14(19)10-15/h5-11,13H,1-4H3,(H,20,22). The molecule has 0 bridgehead atoms. The van der Waals surface area contributed by atoms with Crippen LogP contribution in [-0.4, -0.2) is 38.8 Å². The number of carbonyl (C=O) groups excluding carboxylic acids is 1. The summed E-state index contributed by atoms with van der Waals surface area (Å²) >= 11 is 5.90. The first-order valence-corrected chi connectivity index (χ1v) is 9.69. The second kappa shape index (κ2) is 8.07. The third-order valence-electron chi connectivity index (χ3n) is 3.72. The first kappa shape index (κ1) is 20.2. The molecule has 0 aliphatic carbocycles. The SMILES string of the molecule is Cc1ccc(S(=O)(=O)N(C)C)cc1NC(=O)C(C)Oc1cccc(Cl)c1. The van der Waals surface area contributed by atoms with E-state index < -0.39 is 22.0 Å². The van der Waals surface area contributed by atoms with Crippen molar-refractivity contribution in [1.29, 1.82) is 0 Å². The van der Waals surface area contributed by atoms with Gasteiger partial charge in [0.2, 0.25) is 10.0 Å². The molecular formula is C18H21ClN2O4S. The minimum Gasteiger partial charge on any atom is -0.481 e. The van der Waals surface area contributed by atoms with Crippen LogP contribution in [0.1, 0.15) is 12.5 Å². The number of sulfonamides is 1. The zero-order valence-electron chi connectivity index (χ0n) is 15.0. The maximum absolute atomic E-state index is 12.4. The van der Waals surface area contributed by atoms with Crippen LogP contribution in [0.25, 0.3) is 0 Å². The van der Waals surface area contributed by atoms with Crippen molar-refractivity contribution in [1.82, 2.24) is 4.31 Å². The van der Waals surface area contributed by atoms with E-state index in [4.69, 9.17) is 16.3 Å². The van der Waals surface area contributed by atoms with Crippen LogP contribution in [0.2, 0.25) is 5.02 Å². The van der Waals surface area contributed by atoms with Crippen LogP contribution >= 0.6 is 11.6 Å². The number of halogens is 1. The van der Waals surface area contributed by atoms with Gasteiger partial charge in [0.05, 0.1) is 4.90 Å². The summed E-state index contributed by atoms with van der Waals surface area (Å²) in [5.41, 5.74) is 1.16. The van der Waals surface area contributed by atoms with E-state index in [1.807, 2.05) is 0 Å². The Morgan fingerprint density at radius 1 is 1.19 bits per heavy atom. The maximum Gasteiger partial charge on any atom is 0.265 e. The molecular weight excluding hydrogens is 376 g/mol. The molecule has 1 amide bonds. The lowest BCUT2D eigenvalue weighted by molar-refractivity contribution is -0.122. The Morgan fingerprint density at radius 2 is 1.88 bits per heavy atom. The van der Waals surface area contributed by atoms with E-state index in [1.54, 1.807) is 44.2 Å². The van der Waals surface area contributed by atoms with Gasteiger partial charge >= 0.3 is 0 Å². The molecule has 6 nitrogen and oxygen atoms in total. The summed E-state index contributed by atoms with van der Waals surface area (Å²) in [6.45, 7) is 3.39.